The van der Waals surface area contributed by atoms with E-state index in [-0.39, 0.29) is 0 Å². The number of benzene rings is 1. The van der Waals surface area contributed by atoms with Crippen LogP contribution >= 0.6 is 11.6 Å². The maximum absolute atomic E-state index is 6.18. The predicted octanol–water partition coefficient (Wildman–Crippen LogP) is 3.73. The van der Waals surface area contributed by atoms with Crippen LogP contribution in [0.2, 0.25) is 5.15 Å². The molecule has 0 atom stereocenters. The second-order valence-corrected chi connectivity index (χ2v) is 4.57. The monoisotopic (exact) mass is 262 g/mol. The molecule has 0 saturated carbocycles. The van der Waals surface area contributed by atoms with E-state index in [9.17, 15) is 0 Å². The minimum absolute atomic E-state index is 0.436. The molecule has 0 fully saturated rings. The molecule has 4 heteroatoms. The van der Waals surface area contributed by atoms with E-state index in [2.05, 4.69) is 9.97 Å². The van der Waals surface area contributed by atoms with Gasteiger partial charge < -0.3 is 4.74 Å². The van der Waals surface area contributed by atoms with E-state index in [4.69, 9.17) is 16.3 Å². The fourth-order valence-electron chi connectivity index (χ4n) is 1.78. The quantitative estimate of drug-likeness (QED) is 0.827. The normalized spacial score (nSPS) is 10.5. The third kappa shape index (κ3) is 2.31. The van der Waals surface area contributed by atoms with Gasteiger partial charge in [-0.15, -0.1) is 0 Å². The summed E-state index contributed by atoms with van der Waals surface area (Å²) in [5, 5.41) is 0.436. The van der Waals surface area contributed by atoms with E-state index in [1.165, 1.54) is 0 Å². The smallest absolute Gasteiger partial charge is 0.155 e. The van der Waals surface area contributed by atoms with Crippen molar-refractivity contribution >= 4 is 11.6 Å². The third-order valence-corrected chi connectivity index (χ3v) is 3.22. The lowest BCUT2D eigenvalue weighted by atomic mass is 10.1. The number of hydrogen-bond acceptors (Lipinski definition) is 3. The molecular formula is C14H15ClN2O. The highest BCUT2D eigenvalue weighted by Crippen LogP contribution is 2.30. The fraction of sp³-hybridized carbons (Fsp3) is 0.286. The van der Waals surface area contributed by atoms with Crippen LogP contribution in [0.5, 0.6) is 5.75 Å². The van der Waals surface area contributed by atoms with Crippen molar-refractivity contribution in [2.75, 3.05) is 7.11 Å². The Morgan fingerprint density at radius 1 is 1.06 bits per heavy atom. The van der Waals surface area contributed by atoms with E-state index in [1.807, 2.05) is 39.0 Å². The molecule has 1 aromatic heterocycles. The van der Waals surface area contributed by atoms with Crippen molar-refractivity contribution in [2.24, 2.45) is 0 Å². The van der Waals surface area contributed by atoms with E-state index >= 15 is 0 Å². The van der Waals surface area contributed by atoms with Gasteiger partial charge in [-0.2, -0.15) is 0 Å². The molecule has 0 saturated heterocycles. The summed E-state index contributed by atoms with van der Waals surface area (Å²) in [6.45, 7) is 5.84. The molecule has 0 aliphatic rings. The number of methoxy groups -OCH3 is 1. The Morgan fingerprint density at radius 2 is 1.72 bits per heavy atom. The van der Waals surface area contributed by atoms with Gasteiger partial charge in [0.25, 0.3) is 0 Å². The van der Waals surface area contributed by atoms with Gasteiger partial charge >= 0.3 is 0 Å². The molecule has 0 unspecified atom stereocenters. The molecular weight excluding hydrogens is 248 g/mol. The van der Waals surface area contributed by atoms with Crippen LogP contribution in [0.25, 0.3) is 11.3 Å². The summed E-state index contributed by atoms with van der Waals surface area (Å²) in [6, 6.07) is 5.82. The van der Waals surface area contributed by atoms with Crippen molar-refractivity contribution in [1.29, 1.82) is 0 Å². The SMILES string of the molecule is COc1ccc(-c2nc(C)c(C)nc2Cl)c(C)c1. The molecule has 0 spiro atoms. The van der Waals surface area contributed by atoms with Crippen LogP contribution in [0.3, 0.4) is 0 Å². The number of aromatic nitrogens is 2. The van der Waals surface area contributed by atoms with Gasteiger partial charge in [-0.25, -0.2) is 9.97 Å². The highest BCUT2D eigenvalue weighted by Gasteiger charge is 2.12. The van der Waals surface area contributed by atoms with Crippen LogP contribution in [0, 0.1) is 20.8 Å². The molecule has 0 aliphatic carbocycles. The fourth-order valence-corrected chi connectivity index (χ4v) is 2.05. The molecule has 2 rings (SSSR count). The topological polar surface area (TPSA) is 35.0 Å². The molecule has 94 valence electrons. The Hall–Kier alpha value is -1.61. The molecule has 1 aromatic carbocycles. The van der Waals surface area contributed by atoms with Crippen LogP contribution in [0.1, 0.15) is 17.0 Å². The van der Waals surface area contributed by atoms with Crippen molar-refractivity contribution < 1.29 is 4.74 Å². The molecule has 0 bridgehead atoms. The Kier molecular flexibility index (Phi) is 3.53. The van der Waals surface area contributed by atoms with Crippen LogP contribution in [-0.2, 0) is 0 Å². The molecule has 18 heavy (non-hydrogen) atoms. The van der Waals surface area contributed by atoms with Crippen LogP contribution < -0.4 is 4.74 Å². The molecule has 0 amide bonds. The van der Waals surface area contributed by atoms with Gasteiger partial charge in [-0.1, -0.05) is 11.6 Å². The summed E-state index contributed by atoms with van der Waals surface area (Å²) < 4.78 is 5.19. The zero-order valence-corrected chi connectivity index (χ0v) is 11.7. The number of aryl methyl sites for hydroxylation is 3. The molecule has 0 aliphatic heterocycles. The van der Waals surface area contributed by atoms with Crippen molar-refractivity contribution in [3.8, 4) is 17.0 Å². The van der Waals surface area contributed by atoms with E-state index in [1.54, 1.807) is 7.11 Å². The maximum atomic E-state index is 6.18. The third-order valence-electron chi connectivity index (χ3n) is 2.95. The van der Waals surface area contributed by atoms with Gasteiger partial charge in [0.2, 0.25) is 0 Å². The van der Waals surface area contributed by atoms with E-state index in [0.717, 1.165) is 34.0 Å². The Bertz CT molecular complexity index is 597. The first-order valence-corrected chi connectivity index (χ1v) is 6.06. The average Bonchev–Trinajstić information content (AvgIpc) is 2.34. The summed E-state index contributed by atoms with van der Waals surface area (Å²) in [5.41, 5.74) is 4.52. The first-order chi connectivity index (χ1) is 8.52. The summed E-state index contributed by atoms with van der Waals surface area (Å²) in [7, 11) is 1.65. The van der Waals surface area contributed by atoms with Gasteiger partial charge in [0, 0.05) is 5.56 Å². The number of hydrogen-bond donors (Lipinski definition) is 0. The number of nitrogens with zero attached hydrogens (tertiary/aromatic N) is 2. The molecule has 0 N–H and O–H groups in total. The zero-order valence-electron chi connectivity index (χ0n) is 10.9. The van der Waals surface area contributed by atoms with Crippen molar-refractivity contribution in [3.63, 3.8) is 0 Å². The summed E-state index contributed by atoms with van der Waals surface area (Å²) >= 11 is 6.18. The number of rotatable bonds is 2. The second kappa shape index (κ2) is 4.94. The highest BCUT2D eigenvalue weighted by atomic mass is 35.5. The number of ether oxygens (including phenoxy) is 1. The molecule has 2 aromatic rings. The Labute approximate surface area is 112 Å². The van der Waals surface area contributed by atoms with Crippen LogP contribution in [0.15, 0.2) is 18.2 Å². The molecule has 3 nitrogen and oxygen atoms in total. The summed E-state index contributed by atoms with van der Waals surface area (Å²) in [4.78, 5) is 8.83. The average molecular weight is 263 g/mol. The van der Waals surface area contributed by atoms with Crippen LogP contribution in [0.4, 0.5) is 0 Å². The lowest BCUT2D eigenvalue weighted by Gasteiger charge is -2.10. The van der Waals surface area contributed by atoms with Gasteiger partial charge in [0.05, 0.1) is 18.5 Å². The lowest BCUT2D eigenvalue weighted by molar-refractivity contribution is 0.414. The summed E-state index contributed by atoms with van der Waals surface area (Å²) in [6.07, 6.45) is 0. The summed E-state index contributed by atoms with van der Waals surface area (Å²) in [5.74, 6) is 0.823. The van der Waals surface area contributed by atoms with Gasteiger partial charge in [-0.05, 0) is 44.5 Å². The zero-order chi connectivity index (χ0) is 13.3. The van der Waals surface area contributed by atoms with Crippen LogP contribution in [-0.4, -0.2) is 17.1 Å². The number of halogens is 1. The van der Waals surface area contributed by atoms with Gasteiger partial charge in [-0.3, -0.25) is 0 Å². The molecule has 1 heterocycles. The van der Waals surface area contributed by atoms with E-state index in [0.29, 0.717) is 5.15 Å². The lowest BCUT2D eigenvalue weighted by Crippen LogP contribution is -1.98. The largest absolute Gasteiger partial charge is 0.497 e. The second-order valence-electron chi connectivity index (χ2n) is 4.21. The van der Waals surface area contributed by atoms with E-state index < -0.39 is 0 Å². The van der Waals surface area contributed by atoms with Crippen molar-refractivity contribution in [1.82, 2.24) is 9.97 Å². The first kappa shape index (κ1) is 12.8. The minimum atomic E-state index is 0.436. The Morgan fingerprint density at radius 3 is 2.33 bits per heavy atom. The van der Waals surface area contributed by atoms with Gasteiger partial charge in [0.15, 0.2) is 5.15 Å². The first-order valence-electron chi connectivity index (χ1n) is 5.68. The van der Waals surface area contributed by atoms with Gasteiger partial charge in [0.1, 0.15) is 11.4 Å². The highest BCUT2D eigenvalue weighted by molar-refractivity contribution is 6.31. The molecule has 0 radical (unpaired) electrons. The predicted molar refractivity (Wildman–Crippen MR) is 73.2 cm³/mol. The standard InChI is InChI=1S/C14H15ClN2O/c1-8-7-11(18-4)5-6-12(8)13-14(15)17-10(3)9(2)16-13/h5-7H,1-4H3. The van der Waals surface area contributed by atoms with Crippen molar-refractivity contribution in [2.45, 2.75) is 20.8 Å². The maximum Gasteiger partial charge on any atom is 0.155 e. The minimum Gasteiger partial charge on any atom is -0.497 e. The Balaban J connectivity index is 2.58. The van der Waals surface area contributed by atoms with Crippen molar-refractivity contribution in [3.05, 3.63) is 40.3 Å².